The molecule has 1 aliphatic carbocycles. The molecule has 0 bridgehead atoms. The zero-order chi connectivity index (χ0) is 22.9. The number of H-pyrrole nitrogens is 1. The van der Waals surface area contributed by atoms with Crippen LogP contribution in [0.1, 0.15) is 53.2 Å². The molecule has 0 aliphatic heterocycles. The smallest absolute Gasteiger partial charge is 0.142 e. The van der Waals surface area contributed by atoms with Crippen molar-refractivity contribution in [2.45, 2.75) is 53.0 Å². The minimum Gasteiger partial charge on any atom is -0.496 e. The van der Waals surface area contributed by atoms with Gasteiger partial charge in [0.15, 0.2) is 0 Å². The lowest BCUT2D eigenvalue weighted by molar-refractivity contribution is 0.393. The average Bonchev–Trinajstić information content (AvgIpc) is 3.35. The Morgan fingerprint density at radius 2 is 1.94 bits per heavy atom. The first-order chi connectivity index (χ1) is 15.9. The molecule has 1 aromatic carbocycles. The van der Waals surface area contributed by atoms with Gasteiger partial charge in [-0.3, -0.25) is 4.68 Å². The van der Waals surface area contributed by atoms with Crippen molar-refractivity contribution in [3.63, 3.8) is 0 Å². The van der Waals surface area contributed by atoms with Crippen LogP contribution in [-0.4, -0.2) is 37.0 Å². The van der Waals surface area contributed by atoms with E-state index in [1.807, 2.05) is 20.8 Å². The van der Waals surface area contributed by atoms with Crippen LogP contribution in [0.5, 0.6) is 5.75 Å². The molecule has 0 unspecified atom stereocenters. The second kappa shape index (κ2) is 7.16. The maximum absolute atomic E-state index is 5.81. The van der Waals surface area contributed by atoms with Crippen LogP contribution in [0.3, 0.4) is 0 Å². The molecule has 1 fully saturated rings. The van der Waals surface area contributed by atoms with Crippen LogP contribution < -0.4 is 4.74 Å². The van der Waals surface area contributed by atoms with E-state index in [9.17, 15) is 0 Å². The number of nitrogens with one attached hydrogen (secondary N) is 1. The molecule has 1 aliphatic rings. The molecule has 0 spiro atoms. The number of aryl methyl sites for hydroxylation is 4. The summed E-state index contributed by atoms with van der Waals surface area (Å²) in [5.41, 5.74) is 7.79. The van der Waals surface area contributed by atoms with E-state index in [-0.39, 0.29) is 0 Å². The second-order valence-electron chi connectivity index (χ2n) is 8.99. The summed E-state index contributed by atoms with van der Waals surface area (Å²) in [5, 5.41) is 10.9. The molecule has 168 valence electrons. The van der Waals surface area contributed by atoms with E-state index in [2.05, 4.69) is 39.9 Å². The van der Waals surface area contributed by atoms with Gasteiger partial charge in [-0.25, -0.2) is 9.97 Å². The Balaban J connectivity index is 1.56. The van der Waals surface area contributed by atoms with Gasteiger partial charge >= 0.3 is 0 Å². The van der Waals surface area contributed by atoms with E-state index in [0.717, 1.165) is 67.5 Å². The highest BCUT2D eigenvalue weighted by atomic mass is 16.5. The Morgan fingerprint density at radius 1 is 1.12 bits per heavy atom. The van der Waals surface area contributed by atoms with Gasteiger partial charge in [0.1, 0.15) is 23.0 Å². The number of hydrogen-bond acceptors (Lipinski definition) is 6. The zero-order valence-electron chi connectivity index (χ0n) is 19.5. The standard InChI is InChI=1S/C25H26N6O2/c1-12-8-17(31(29-12)16-6-7-16)9-21-24-18-11-22(32-5)19(23-13(2)30-33-14(23)3)10-20(18)28-25(24)27-15(4)26-21/h8,10-11,16H,6-7,9H2,1-5H3,(H,26,27,28). The van der Waals surface area contributed by atoms with Gasteiger partial charge in [-0.05, 0) is 58.7 Å². The van der Waals surface area contributed by atoms with Crippen LogP contribution >= 0.6 is 0 Å². The van der Waals surface area contributed by atoms with Gasteiger partial charge in [-0.1, -0.05) is 5.16 Å². The predicted molar refractivity (Wildman–Crippen MR) is 126 cm³/mol. The van der Waals surface area contributed by atoms with E-state index < -0.39 is 0 Å². The maximum Gasteiger partial charge on any atom is 0.142 e. The lowest BCUT2D eigenvalue weighted by Crippen LogP contribution is -2.05. The molecule has 0 amide bonds. The van der Waals surface area contributed by atoms with Crippen molar-refractivity contribution in [1.82, 2.24) is 29.9 Å². The third kappa shape index (κ3) is 3.20. The van der Waals surface area contributed by atoms with Crippen molar-refractivity contribution in [1.29, 1.82) is 0 Å². The molecule has 1 N–H and O–H groups in total. The normalized spacial score (nSPS) is 14.0. The molecule has 4 aromatic heterocycles. The molecule has 4 heterocycles. The van der Waals surface area contributed by atoms with E-state index >= 15 is 0 Å². The molecule has 5 aromatic rings. The van der Waals surface area contributed by atoms with Crippen molar-refractivity contribution >= 4 is 21.9 Å². The summed E-state index contributed by atoms with van der Waals surface area (Å²) in [6.45, 7) is 7.85. The van der Waals surface area contributed by atoms with Gasteiger partial charge in [0, 0.05) is 34.0 Å². The van der Waals surface area contributed by atoms with Crippen molar-refractivity contribution in [2.24, 2.45) is 0 Å². The monoisotopic (exact) mass is 442 g/mol. The van der Waals surface area contributed by atoms with Gasteiger partial charge in [0.2, 0.25) is 0 Å². The molecular weight excluding hydrogens is 416 g/mol. The minimum absolute atomic E-state index is 0.521. The first-order valence-corrected chi connectivity index (χ1v) is 11.3. The Hall–Kier alpha value is -3.68. The van der Waals surface area contributed by atoms with Gasteiger partial charge < -0.3 is 14.2 Å². The largest absolute Gasteiger partial charge is 0.496 e. The fourth-order valence-corrected chi connectivity index (χ4v) is 4.89. The number of fused-ring (bicyclic) bond motifs is 3. The number of aromatic nitrogens is 6. The lowest BCUT2D eigenvalue weighted by atomic mass is 10.00. The van der Waals surface area contributed by atoms with Gasteiger partial charge in [-0.15, -0.1) is 0 Å². The first-order valence-electron chi connectivity index (χ1n) is 11.3. The highest BCUT2D eigenvalue weighted by Gasteiger charge is 2.28. The summed E-state index contributed by atoms with van der Waals surface area (Å²) in [6, 6.07) is 6.86. The maximum atomic E-state index is 5.81. The van der Waals surface area contributed by atoms with Crippen LogP contribution in [0.2, 0.25) is 0 Å². The van der Waals surface area contributed by atoms with Crippen LogP contribution in [0, 0.1) is 27.7 Å². The summed E-state index contributed by atoms with van der Waals surface area (Å²) in [6.07, 6.45) is 3.10. The fourth-order valence-electron chi connectivity index (χ4n) is 4.89. The minimum atomic E-state index is 0.521. The Bertz CT molecular complexity index is 1520. The summed E-state index contributed by atoms with van der Waals surface area (Å²) >= 11 is 0. The Morgan fingerprint density at radius 3 is 2.64 bits per heavy atom. The number of benzene rings is 1. The van der Waals surface area contributed by atoms with Crippen molar-refractivity contribution in [3.05, 3.63) is 52.6 Å². The van der Waals surface area contributed by atoms with Crippen molar-refractivity contribution in [3.8, 4) is 16.9 Å². The number of aromatic amines is 1. The fraction of sp³-hybridized carbons (Fsp3) is 0.360. The topological polar surface area (TPSA) is 94.7 Å². The molecule has 1 saturated carbocycles. The van der Waals surface area contributed by atoms with Gasteiger partial charge in [0.25, 0.3) is 0 Å². The van der Waals surface area contributed by atoms with E-state index in [1.165, 1.54) is 18.5 Å². The van der Waals surface area contributed by atoms with Crippen molar-refractivity contribution in [2.75, 3.05) is 7.11 Å². The number of hydrogen-bond donors (Lipinski definition) is 1. The van der Waals surface area contributed by atoms with Gasteiger partial charge in [-0.2, -0.15) is 5.10 Å². The number of rotatable bonds is 5. The van der Waals surface area contributed by atoms with E-state index in [1.54, 1.807) is 7.11 Å². The Labute approximate surface area is 191 Å². The molecule has 0 radical (unpaired) electrons. The highest BCUT2D eigenvalue weighted by Crippen LogP contribution is 2.40. The second-order valence-corrected chi connectivity index (χ2v) is 8.99. The number of methoxy groups -OCH3 is 1. The van der Waals surface area contributed by atoms with Crippen LogP contribution in [0.25, 0.3) is 33.1 Å². The zero-order valence-corrected chi connectivity index (χ0v) is 19.5. The summed E-state index contributed by atoms with van der Waals surface area (Å²) < 4.78 is 13.4. The van der Waals surface area contributed by atoms with Crippen LogP contribution in [-0.2, 0) is 6.42 Å². The molecular formula is C25H26N6O2. The van der Waals surface area contributed by atoms with Gasteiger partial charge in [0.05, 0.1) is 35.8 Å². The van der Waals surface area contributed by atoms with Crippen LogP contribution in [0.15, 0.2) is 22.7 Å². The quantitative estimate of drug-likeness (QED) is 0.405. The third-order valence-corrected chi connectivity index (χ3v) is 6.44. The molecule has 8 nitrogen and oxygen atoms in total. The summed E-state index contributed by atoms with van der Waals surface area (Å²) in [7, 11) is 1.69. The SMILES string of the molecule is COc1cc2c(cc1-c1c(C)noc1C)[nH]c1nc(C)nc(Cc3cc(C)nn3C3CC3)c12. The molecule has 33 heavy (non-hydrogen) atoms. The first kappa shape index (κ1) is 20.0. The molecule has 8 heteroatoms. The third-order valence-electron chi connectivity index (χ3n) is 6.44. The van der Waals surface area contributed by atoms with E-state index in [4.69, 9.17) is 24.3 Å². The highest BCUT2D eigenvalue weighted by molar-refractivity contribution is 6.09. The van der Waals surface area contributed by atoms with Crippen LogP contribution in [0.4, 0.5) is 0 Å². The molecule has 6 rings (SSSR count). The van der Waals surface area contributed by atoms with E-state index in [0.29, 0.717) is 12.5 Å². The predicted octanol–water partition coefficient (Wildman–Crippen LogP) is 5.13. The summed E-state index contributed by atoms with van der Waals surface area (Å²) in [4.78, 5) is 13.1. The number of nitrogens with zero attached hydrogens (tertiary/aromatic N) is 5. The summed E-state index contributed by atoms with van der Waals surface area (Å²) in [5.74, 6) is 2.28. The lowest BCUT2D eigenvalue weighted by Gasteiger charge is -2.10. The molecule has 0 atom stereocenters. The number of ether oxygens (including phenoxy) is 1. The average molecular weight is 443 g/mol. The Kier molecular flexibility index (Phi) is 4.33. The molecule has 0 saturated heterocycles. The van der Waals surface area contributed by atoms with Crippen molar-refractivity contribution < 1.29 is 9.26 Å².